The highest BCUT2D eigenvalue weighted by atomic mass is 16.7. The Bertz CT molecular complexity index is 491. The minimum absolute atomic E-state index is 0.0582. The fourth-order valence-electron chi connectivity index (χ4n) is 2.83. The summed E-state index contributed by atoms with van der Waals surface area (Å²) in [5, 5.41) is 0. The molecular weight excluding hydrogens is 288 g/mol. The number of carbonyl (C=O) groups excluding carboxylic acids is 1. The molecule has 3 rings (SSSR count). The lowest BCUT2D eigenvalue weighted by molar-refractivity contribution is -0.264. The second-order valence-corrected chi connectivity index (χ2v) is 5.43. The van der Waals surface area contributed by atoms with Gasteiger partial charge in [0.1, 0.15) is 6.79 Å². The van der Waals surface area contributed by atoms with Crippen LogP contribution in [0.4, 0.5) is 0 Å². The molecule has 0 bridgehead atoms. The Kier molecular flexibility index (Phi) is 5.04. The average molecular weight is 308 g/mol. The van der Waals surface area contributed by atoms with Crippen LogP contribution in [0.25, 0.3) is 0 Å². The SMILES string of the molecule is COCO[C@H]1CO[C@H](OCc2ccccc2)[C@H]2OC(=O)C[C@@H]21. The summed E-state index contributed by atoms with van der Waals surface area (Å²) in [6.45, 7) is 0.942. The monoisotopic (exact) mass is 308 g/mol. The number of rotatable bonds is 6. The van der Waals surface area contributed by atoms with Crippen molar-refractivity contribution in [1.29, 1.82) is 0 Å². The van der Waals surface area contributed by atoms with Crippen LogP contribution in [0.15, 0.2) is 30.3 Å². The van der Waals surface area contributed by atoms with Gasteiger partial charge in [0.05, 0.1) is 25.7 Å². The van der Waals surface area contributed by atoms with Gasteiger partial charge in [0.15, 0.2) is 12.4 Å². The maximum Gasteiger partial charge on any atom is 0.306 e. The molecule has 4 atom stereocenters. The van der Waals surface area contributed by atoms with Crippen LogP contribution in [-0.4, -0.2) is 45.0 Å². The zero-order valence-electron chi connectivity index (χ0n) is 12.5. The molecule has 2 fully saturated rings. The Morgan fingerprint density at radius 3 is 2.82 bits per heavy atom. The number of hydrogen-bond donors (Lipinski definition) is 0. The highest BCUT2D eigenvalue weighted by Crippen LogP contribution is 2.35. The molecule has 0 unspecified atom stereocenters. The number of esters is 1. The van der Waals surface area contributed by atoms with Gasteiger partial charge in [0.25, 0.3) is 0 Å². The van der Waals surface area contributed by atoms with E-state index in [4.69, 9.17) is 23.7 Å². The van der Waals surface area contributed by atoms with Crippen molar-refractivity contribution in [3.63, 3.8) is 0 Å². The standard InChI is InChI=1S/C16H20O6/c1-18-10-21-13-9-20-16(15-12(13)7-14(17)22-15)19-8-11-5-3-2-4-6-11/h2-6,12-13,15-16H,7-10H2,1H3/t12-,13+,15+,16+/m1/s1. The zero-order chi connectivity index (χ0) is 15.4. The summed E-state index contributed by atoms with van der Waals surface area (Å²) in [5.41, 5.74) is 1.05. The maximum atomic E-state index is 11.6. The van der Waals surface area contributed by atoms with Crippen LogP contribution < -0.4 is 0 Å². The van der Waals surface area contributed by atoms with Gasteiger partial charge in [-0.05, 0) is 5.56 Å². The van der Waals surface area contributed by atoms with E-state index < -0.39 is 12.4 Å². The van der Waals surface area contributed by atoms with Gasteiger partial charge in [-0.3, -0.25) is 4.79 Å². The molecule has 0 aliphatic carbocycles. The molecule has 2 saturated heterocycles. The largest absolute Gasteiger partial charge is 0.457 e. The van der Waals surface area contributed by atoms with E-state index in [1.807, 2.05) is 30.3 Å². The Labute approximate surface area is 129 Å². The molecule has 2 aliphatic rings. The third-order valence-electron chi connectivity index (χ3n) is 3.92. The Hall–Kier alpha value is -1.47. The Morgan fingerprint density at radius 1 is 1.23 bits per heavy atom. The van der Waals surface area contributed by atoms with E-state index in [0.29, 0.717) is 19.6 Å². The lowest BCUT2D eigenvalue weighted by Gasteiger charge is -2.36. The van der Waals surface area contributed by atoms with E-state index in [9.17, 15) is 4.79 Å². The first-order valence-electron chi connectivity index (χ1n) is 7.35. The first-order valence-corrected chi connectivity index (χ1v) is 7.35. The number of hydrogen-bond acceptors (Lipinski definition) is 6. The number of carbonyl (C=O) groups is 1. The average Bonchev–Trinajstić information content (AvgIpc) is 2.94. The molecular formula is C16H20O6. The number of benzene rings is 1. The van der Waals surface area contributed by atoms with Crippen molar-refractivity contribution in [2.45, 2.75) is 31.5 Å². The van der Waals surface area contributed by atoms with E-state index in [1.54, 1.807) is 7.11 Å². The van der Waals surface area contributed by atoms with Crippen molar-refractivity contribution in [3.8, 4) is 0 Å². The molecule has 22 heavy (non-hydrogen) atoms. The fourth-order valence-corrected chi connectivity index (χ4v) is 2.83. The van der Waals surface area contributed by atoms with Crippen LogP contribution >= 0.6 is 0 Å². The quantitative estimate of drug-likeness (QED) is 0.586. The molecule has 0 saturated carbocycles. The molecule has 6 nitrogen and oxygen atoms in total. The van der Waals surface area contributed by atoms with Crippen molar-refractivity contribution >= 4 is 5.97 Å². The van der Waals surface area contributed by atoms with E-state index >= 15 is 0 Å². The molecule has 0 amide bonds. The molecule has 0 spiro atoms. The maximum absolute atomic E-state index is 11.6. The predicted octanol–water partition coefficient (Wildman–Crippen LogP) is 1.48. The van der Waals surface area contributed by atoms with E-state index in [-0.39, 0.29) is 24.8 Å². The number of fused-ring (bicyclic) bond motifs is 1. The van der Waals surface area contributed by atoms with Gasteiger partial charge in [-0.15, -0.1) is 0 Å². The Balaban J connectivity index is 1.60. The highest BCUT2D eigenvalue weighted by molar-refractivity contribution is 5.72. The zero-order valence-corrected chi connectivity index (χ0v) is 12.5. The third-order valence-corrected chi connectivity index (χ3v) is 3.92. The van der Waals surface area contributed by atoms with E-state index in [1.165, 1.54) is 0 Å². The van der Waals surface area contributed by atoms with Gasteiger partial charge in [0.2, 0.25) is 0 Å². The van der Waals surface area contributed by atoms with E-state index in [0.717, 1.165) is 5.56 Å². The van der Waals surface area contributed by atoms with Crippen LogP contribution in [0.1, 0.15) is 12.0 Å². The van der Waals surface area contributed by atoms with Crippen molar-refractivity contribution in [3.05, 3.63) is 35.9 Å². The van der Waals surface area contributed by atoms with Gasteiger partial charge < -0.3 is 23.7 Å². The van der Waals surface area contributed by atoms with Gasteiger partial charge in [-0.1, -0.05) is 30.3 Å². The lowest BCUT2D eigenvalue weighted by Crippen LogP contribution is -2.49. The smallest absolute Gasteiger partial charge is 0.306 e. The second kappa shape index (κ2) is 7.19. The van der Waals surface area contributed by atoms with Crippen molar-refractivity contribution in [1.82, 2.24) is 0 Å². The molecule has 2 aliphatic heterocycles. The summed E-state index contributed by atoms with van der Waals surface area (Å²) in [6.07, 6.45) is -0.869. The molecule has 120 valence electrons. The summed E-state index contributed by atoms with van der Waals surface area (Å²) in [7, 11) is 1.56. The topological polar surface area (TPSA) is 63.2 Å². The summed E-state index contributed by atoms with van der Waals surface area (Å²) >= 11 is 0. The normalized spacial score (nSPS) is 30.9. The summed E-state index contributed by atoms with van der Waals surface area (Å²) in [4.78, 5) is 11.6. The Morgan fingerprint density at radius 2 is 2.05 bits per heavy atom. The number of methoxy groups -OCH3 is 1. The second-order valence-electron chi connectivity index (χ2n) is 5.43. The van der Waals surface area contributed by atoms with Gasteiger partial charge >= 0.3 is 5.97 Å². The summed E-state index contributed by atoms with van der Waals surface area (Å²) in [5.74, 6) is -0.294. The molecule has 0 aromatic heterocycles. The fraction of sp³-hybridized carbons (Fsp3) is 0.562. The minimum atomic E-state index is -0.556. The van der Waals surface area contributed by atoms with Crippen LogP contribution in [-0.2, 0) is 35.1 Å². The van der Waals surface area contributed by atoms with Crippen LogP contribution in [0.5, 0.6) is 0 Å². The molecule has 6 heteroatoms. The van der Waals surface area contributed by atoms with Gasteiger partial charge in [-0.2, -0.15) is 0 Å². The molecule has 0 radical (unpaired) electrons. The highest BCUT2D eigenvalue weighted by Gasteiger charge is 2.49. The summed E-state index contributed by atoms with van der Waals surface area (Å²) in [6, 6.07) is 9.81. The predicted molar refractivity (Wildman–Crippen MR) is 75.7 cm³/mol. The molecule has 1 aromatic carbocycles. The van der Waals surface area contributed by atoms with Gasteiger partial charge in [-0.25, -0.2) is 0 Å². The lowest BCUT2D eigenvalue weighted by atomic mass is 9.92. The minimum Gasteiger partial charge on any atom is -0.457 e. The summed E-state index contributed by atoms with van der Waals surface area (Å²) < 4.78 is 27.3. The van der Waals surface area contributed by atoms with Crippen LogP contribution in [0, 0.1) is 5.92 Å². The van der Waals surface area contributed by atoms with Crippen molar-refractivity contribution < 1.29 is 28.5 Å². The third kappa shape index (κ3) is 3.47. The first-order chi connectivity index (χ1) is 10.8. The van der Waals surface area contributed by atoms with Crippen molar-refractivity contribution in [2.24, 2.45) is 5.92 Å². The van der Waals surface area contributed by atoms with E-state index in [2.05, 4.69) is 0 Å². The van der Waals surface area contributed by atoms with Crippen LogP contribution in [0.2, 0.25) is 0 Å². The van der Waals surface area contributed by atoms with Crippen molar-refractivity contribution in [2.75, 3.05) is 20.5 Å². The molecule has 1 aromatic rings. The number of ether oxygens (including phenoxy) is 5. The first kappa shape index (κ1) is 15.4. The molecule has 0 N–H and O–H groups in total. The van der Waals surface area contributed by atoms with Crippen LogP contribution in [0.3, 0.4) is 0 Å². The van der Waals surface area contributed by atoms with Gasteiger partial charge in [0, 0.05) is 13.0 Å². The molecule has 2 heterocycles.